The van der Waals surface area contributed by atoms with E-state index in [1.54, 1.807) is 0 Å². The molecule has 0 saturated carbocycles. The first-order valence-corrected chi connectivity index (χ1v) is 5.68. The zero-order valence-corrected chi connectivity index (χ0v) is 10.0. The topological polar surface area (TPSA) is 81.1 Å². The van der Waals surface area contributed by atoms with Crippen molar-refractivity contribution in [2.45, 2.75) is 39.5 Å². The molecule has 4 nitrogen and oxygen atoms in total. The first-order valence-electron chi connectivity index (χ1n) is 5.68. The molecule has 5 N–H and O–H groups in total. The Bertz CT molecular complexity index is 181. The van der Waals surface area contributed by atoms with E-state index in [0.717, 1.165) is 19.3 Å². The SMILES string of the molecule is CC(C)(CCN)CCC(=O)NCCCN. The molecule has 0 aromatic heterocycles. The maximum absolute atomic E-state index is 11.4. The minimum absolute atomic E-state index is 0.119. The van der Waals surface area contributed by atoms with Gasteiger partial charge in [-0.3, -0.25) is 4.79 Å². The van der Waals surface area contributed by atoms with Crippen LogP contribution in [0.25, 0.3) is 0 Å². The van der Waals surface area contributed by atoms with Gasteiger partial charge in [-0.15, -0.1) is 0 Å². The average molecular weight is 215 g/mol. The molecule has 0 aromatic carbocycles. The van der Waals surface area contributed by atoms with Crippen molar-refractivity contribution in [3.63, 3.8) is 0 Å². The Morgan fingerprint density at radius 2 is 1.87 bits per heavy atom. The van der Waals surface area contributed by atoms with Crippen LogP contribution in [0.2, 0.25) is 0 Å². The summed E-state index contributed by atoms with van der Waals surface area (Å²) in [6, 6.07) is 0. The minimum atomic E-state index is 0.119. The van der Waals surface area contributed by atoms with Crippen molar-refractivity contribution in [3.05, 3.63) is 0 Å². The van der Waals surface area contributed by atoms with Crippen LogP contribution in [0.15, 0.2) is 0 Å². The van der Waals surface area contributed by atoms with Crippen molar-refractivity contribution in [2.24, 2.45) is 16.9 Å². The Labute approximate surface area is 92.8 Å². The fourth-order valence-electron chi connectivity index (χ4n) is 1.39. The fourth-order valence-corrected chi connectivity index (χ4v) is 1.39. The van der Waals surface area contributed by atoms with Gasteiger partial charge >= 0.3 is 0 Å². The maximum atomic E-state index is 11.4. The Balaban J connectivity index is 3.60. The lowest BCUT2D eigenvalue weighted by Gasteiger charge is -2.23. The Kier molecular flexibility index (Phi) is 7.34. The molecule has 1 amide bonds. The van der Waals surface area contributed by atoms with Gasteiger partial charge in [0.1, 0.15) is 0 Å². The first-order chi connectivity index (χ1) is 7.02. The highest BCUT2D eigenvalue weighted by atomic mass is 16.1. The predicted molar refractivity (Wildman–Crippen MR) is 63.4 cm³/mol. The molecule has 0 rings (SSSR count). The van der Waals surface area contributed by atoms with Crippen molar-refractivity contribution < 1.29 is 4.79 Å². The van der Waals surface area contributed by atoms with Crippen molar-refractivity contribution in [2.75, 3.05) is 19.6 Å². The van der Waals surface area contributed by atoms with E-state index >= 15 is 0 Å². The molecule has 0 aliphatic rings. The van der Waals surface area contributed by atoms with Crippen LogP contribution < -0.4 is 16.8 Å². The first kappa shape index (κ1) is 14.4. The van der Waals surface area contributed by atoms with Crippen LogP contribution in [-0.2, 0) is 4.79 Å². The van der Waals surface area contributed by atoms with E-state index in [-0.39, 0.29) is 11.3 Å². The number of nitrogens with two attached hydrogens (primary N) is 2. The second kappa shape index (κ2) is 7.65. The van der Waals surface area contributed by atoms with E-state index in [4.69, 9.17) is 11.5 Å². The maximum Gasteiger partial charge on any atom is 0.220 e. The number of carbonyl (C=O) groups is 1. The van der Waals surface area contributed by atoms with E-state index < -0.39 is 0 Å². The quantitative estimate of drug-likeness (QED) is 0.519. The second-order valence-electron chi connectivity index (χ2n) is 4.70. The van der Waals surface area contributed by atoms with E-state index in [9.17, 15) is 4.79 Å². The van der Waals surface area contributed by atoms with Gasteiger partial charge in [0, 0.05) is 13.0 Å². The molecular weight excluding hydrogens is 190 g/mol. The number of amides is 1. The molecule has 4 heteroatoms. The highest BCUT2D eigenvalue weighted by Gasteiger charge is 2.17. The van der Waals surface area contributed by atoms with E-state index in [1.165, 1.54) is 0 Å². The van der Waals surface area contributed by atoms with Gasteiger partial charge in [-0.25, -0.2) is 0 Å². The molecule has 0 aliphatic heterocycles. The van der Waals surface area contributed by atoms with Crippen molar-refractivity contribution >= 4 is 5.91 Å². The zero-order chi connectivity index (χ0) is 11.7. The monoisotopic (exact) mass is 215 g/mol. The molecule has 0 fully saturated rings. The average Bonchev–Trinajstić information content (AvgIpc) is 2.15. The molecule has 0 saturated heterocycles. The normalized spacial score (nSPS) is 11.5. The van der Waals surface area contributed by atoms with Crippen LogP contribution in [0, 0.1) is 5.41 Å². The summed E-state index contributed by atoms with van der Waals surface area (Å²) in [5, 5.41) is 2.85. The third kappa shape index (κ3) is 8.39. The Morgan fingerprint density at radius 3 is 2.40 bits per heavy atom. The van der Waals surface area contributed by atoms with E-state index in [2.05, 4.69) is 19.2 Å². The molecule has 0 heterocycles. The highest BCUT2D eigenvalue weighted by molar-refractivity contribution is 5.75. The van der Waals surface area contributed by atoms with Crippen molar-refractivity contribution in [1.82, 2.24) is 5.32 Å². The van der Waals surface area contributed by atoms with E-state index in [1.807, 2.05) is 0 Å². The predicted octanol–water partition coefficient (Wildman–Crippen LogP) is 0.607. The number of nitrogens with one attached hydrogen (secondary N) is 1. The molecule has 0 bridgehead atoms. The second-order valence-corrected chi connectivity index (χ2v) is 4.70. The molecule has 0 radical (unpaired) electrons. The van der Waals surface area contributed by atoms with Crippen LogP contribution in [0.1, 0.15) is 39.5 Å². The van der Waals surface area contributed by atoms with Crippen molar-refractivity contribution in [3.8, 4) is 0 Å². The minimum Gasteiger partial charge on any atom is -0.356 e. The summed E-state index contributed by atoms with van der Waals surface area (Å²) in [5.74, 6) is 0.119. The van der Waals surface area contributed by atoms with Gasteiger partial charge in [0.15, 0.2) is 0 Å². The smallest absolute Gasteiger partial charge is 0.220 e. The lowest BCUT2D eigenvalue weighted by Crippen LogP contribution is -2.27. The van der Waals surface area contributed by atoms with Gasteiger partial charge in [0.25, 0.3) is 0 Å². The summed E-state index contributed by atoms with van der Waals surface area (Å²) in [4.78, 5) is 11.4. The molecule has 0 spiro atoms. The summed E-state index contributed by atoms with van der Waals surface area (Å²) >= 11 is 0. The number of hydrogen-bond acceptors (Lipinski definition) is 3. The van der Waals surface area contributed by atoms with Crippen LogP contribution in [0.4, 0.5) is 0 Å². The molecular formula is C11H25N3O. The lowest BCUT2D eigenvalue weighted by atomic mass is 9.84. The number of carbonyl (C=O) groups excluding carboxylic acids is 1. The van der Waals surface area contributed by atoms with Gasteiger partial charge in [-0.2, -0.15) is 0 Å². The van der Waals surface area contributed by atoms with Crippen LogP contribution in [0.3, 0.4) is 0 Å². The highest BCUT2D eigenvalue weighted by Crippen LogP contribution is 2.25. The van der Waals surface area contributed by atoms with Gasteiger partial charge < -0.3 is 16.8 Å². The fraction of sp³-hybridized carbons (Fsp3) is 0.909. The Hall–Kier alpha value is -0.610. The largest absolute Gasteiger partial charge is 0.356 e. The van der Waals surface area contributed by atoms with Crippen LogP contribution in [-0.4, -0.2) is 25.5 Å². The molecule has 0 atom stereocenters. The molecule has 0 unspecified atom stereocenters. The van der Waals surface area contributed by atoms with Gasteiger partial charge in [0.05, 0.1) is 0 Å². The molecule has 15 heavy (non-hydrogen) atoms. The van der Waals surface area contributed by atoms with Gasteiger partial charge in [-0.05, 0) is 37.8 Å². The molecule has 0 aliphatic carbocycles. The summed E-state index contributed by atoms with van der Waals surface area (Å²) in [7, 11) is 0. The van der Waals surface area contributed by atoms with Crippen LogP contribution in [0.5, 0.6) is 0 Å². The summed E-state index contributed by atoms with van der Waals surface area (Å²) in [5.41, 5.74) is 11.0. The third-order valence-corrected chi connectivity index (χ3v) is 2.55. The molecule has 0 aromatic rings. The lowest BCUT2D eigenvalue weighted by molar-refractivity contribution is -0.121. The van der Waals surface area contributed by atoms with Gasteiger partial charge in [-0.1, -0.05) is 13.8 Å². The van der Waals surface area contributed by atoms with Crippen LogP contribution >= 0.6 is 0 Å². The van der Waals surface area contributed by atoms with Gasteiger partial charge in [0.2, 0.25) is 5.91 Å². The summed E-state index contributed by atoms with van der Waals surface area (Å²) in [6.07, 6.45) is 3.28. The number of hydrogen-bond donors (Lipinski definition) is 3. The summed E-state index contributed by atoms with van der Waals surface area (Å²) in [6.45, 7) is 6.29. The third-order valence-electron chi connectivity index (χ3n) is 2.55. The molecule has 90 valence electrons. The summed E-state index contributed by atoms with van der Waals surface area (Å²) < 4.78 is 0. The number of rotatable bonds is 8. The Morgan fingerprint density at radius 1 is 1.20 bits per heavy atom. The van der Waals surface area contributed by atoms with E-state index in [0.29, 0.717) is 26.1 Å². The van der Waals surface area contributed by atoms with Crippen molar-refractivity contribution in [1.29, 1.82) is 0 Å². The zero-order valence-electron chi connectivity index (χ0n) is 10.0. The standard InChI is InChI=1S/C11H25N3O/c1-11(2,6-8-13)5-4-10(15)14-9-3-7-12/h3-9,12-13H2,1-2H3,(H,14,15).